The molecule has 2 aliphatic rings. The zero-order valence-corrected chi connectivity index (χ0v) is 18.3. The highest BCUT2D eigenvalue weighted by atomic mass is 35.5. The molecule has 2 atom stereocenters. The van der Waals surface area contributed by atoms with Crippen molar-refractivity contribution in [2.24, 2.45) is 0 Å². The predicted molar refractivity (Wildman–Crippen MR) is 119 cm³/mol. The largest absolute Gasteiger partial charge is 0.465 e. The Kier molecular flexibility index (Phi) is 6.97. The molecule has 3 heterocycles. The molecule has 0 radical (unpaired) electrons. The number of nitrogens with one attached hydrogen (secondary N) is 1. The summed E-state index contributed by atoms with van der Waals surface area (Å²) in [5, 5.41) is 11.9. The second kappa shape index (κ2) is 9.49. The van der Waals surface area contributed by atoms with Gasteiger partial charge in [-0.1, -0.05) is 6.07 Å². The summed E-state index contributed by atoms with van der Waals surface area (Å²) in [5.41, 5.74) is 3.21. The number of morpholine rings is 1. The normalized spacial score (nSPS) is 20.5. The first-order chi connectivity index (χ1) is 14.4. The molecule has 2 aromatic rings. The highest BCUT2D eigenvalue weighted by Crippen LogP contribution is 2.39. The molecule has 1 saturated heterocycles. The van der Waals surface area contributed by atoms with E-state index in [1.165, 1.54) is 6.92 Å². The van der Waals surface area contributed by atoms with Crippen LogP contribution in [0.25, 0.3) is 11.1 Å². The second-order valence-electron chi connectivity index (χ2n) is 7.62. The first kappa shape index (κ1) is 22.8. The molecule has 1 aromatic heterocycles. The zero-order chi connectivity index (χ0) is 21.3. The monoisotopic (exact) mass is 447 g/mol. The van der Waals surface area contributed by atoms with Crippen molar-refractivity contribution in [2.45, 2.75) is 32.4 Å². The van der Waals surface area contributed by atoms with Gasteiger partial charge in [0.2, 0.25) is 11.9 Å². The SMILES string of the molecule is CC(=O)N1c2ccc(-c3cnc(N4CCOCC4)nc3)cc2[C@H](NC(=O)O)C[C@@H]1C.Cl. The topological polar surface area (TPSA) is 108 Å². The third kappa shape index (κ3) is 4.72. The number of carbonyl (C=O) groups excluding carboxylic acids is 1. The molecule has 9 nitrogen and oxygen atoms in total. The van der Waals surface area contributed by atoms with Gasteiger partial charge in [-0.2, -0.15) is 0 Å². The first-order valence-corrected chi connectivity index (χ1v) is 10.0. The molecule has 2 amide bonds. The fraction of sp³-hybridized carbons (Fsp3) is 0.429. The van der Waals surface area contributed by atoms with Crippen LogP contribution in [0.1, 0.15) is 31.9 Å². The van der Waals surface area contributed by atoms with Gasteiger partial charge < -0.3 is 25.0 Å². The lowest BCUT2D eigenvalue weighted by atomic mass is 9.89. The number of fused-ring (bicyclic) bond motifs is 1. The number of nitrogens with zero attached hydrogens (tertiary/aromatic N) is 4. The number of carboxylic acid groups (broad SMARTS) is 1. The predicted octanol–water partition coefficient (Wildman–Crippen LogP) is 2.86. The number of amides is 2. The average Bonchev–Trinajstić information content (AvgIpc) is 2.73. The second-order valence-corrected chi connectivity index (χ2v) is 7.62. The molecule has 166 valence electrons. The fourth-order valence-electron chi connectivity index (χ4n) is 4.21. The van der Waals surface area contributed by atoms with Crippen LogP contribution < -0.4 is 15.1 Å². The number of aromatic nitrogens is 2. The van der Waals surface area contributed by atoms with Crippen molar-refractivity contribution in [3.63, 3.8) is 0 Å². The van der Waals surface area contributed by atoms with E-state index < -0.39 is 12.1 Å². The van der Waals surface area contributed by atoms with Crippen molar-refractivity contribution in [3.8, 4) is 11.1 Å². The third-order valence-electron chi connectivity index (χ3n) is 5.58. The van der Waals surface area contributed by atoms with Crippen molar-refractivity contribution in [1.29, 1.82) is 0 Å². The van der Waals surface area contributed by atoms with Crippen LogP contribution in [0.5, 0.6) is 0 Å². The maximum Gasteiger partial charge on any atom is 0.405 e. The summed E-state index contributed by atoms with van der Waals surface area (Å²) < 4.78 is 5.36. The van der Waals surface area contributed by atoms with Crippen LogP contribution in [-0.2, 0) is 9.53 Å². The van der Waals surface area contributed by atoms with E-state index in [2.05, 4.69) is 20.2 Å². The van der Waals surface area contributed by atoms with Crippen molar-refractivity contribution in [3.05, 3.63) is 36.2 Å². The number of rotatable bonds is 3. The Morgan fingerprint density at radius 1 is 1.16 bits per heavy atom. The molecule has 0 bridgehead atoms. The molecule has 2 aliphatic heterocycles. The zero-order valence-electron chi connectivity index (χ0n) is 17.4. The van der Waals surface area contributed by atoms with Gasteiger partial charge in [-0.3, -0.25) is 4.79 Å². The summed E-state index contributed by atoms with van der Waals surface area (Å²) in [5.74, 6) is 0.602. The van der Waals surface area contributed by atoms with Crippen LogP contribution in [0.3, 0.4) is 0 Å². The van der Waals surface area contributed by atoms with Gasteiger partial charge in [0.15, 0.2) is 0 Å². The van der Waals surface area contributed by atoms with Crippen LogP contribution in [0.2, 0.25) is 0 Å². The Labute approximate surface area is 186 Å². The quantitative estimate of drug-likeness (QED) is 0.744. The van der Waals surface area contributed by atoms with Gasteiger partial charge in [0, 0.05) is 49.7 Å². The molecule has 0 saturated carbocycles. The van der Waals surface area contributed by atoms with E-state index in [0.717, 1.165) is 35.5 Å². The Hall–Kier alpha value is -2.91. The summed E-state index contributed by atoms with van der Waals surface area (Å²) in [6, 6.07) is 5.21. The molecule has 0 unspecified atom stereocenters. The van der Waals surface area contributed by atoms with E-state index in [1.807, 2.05) is 25.1 Å². The summed E-state index contributed by atoms with van der Waals surface area (Å²) in [4.78, 5) is 36.3. The molecule has 1 aromatic carbocycles. The molecule has 4 rings (SSSR count). The highest BCUT2D eigenvalue weighted by Gasteiger charge is 2.33. The Bertz CT molecular complexity index is 949. The van der Waals surface area contributed by atoms with E-state index in [4.69, 9.17) is 4.74 Å². The van der Waals surface area contributed by atoms with Crippen molar-refractivity contribution in [1.82, 2.24) is 15.3 Å². The summed E-state index contributed by atoms with van der Waals surface area (Å²) in [6.07, 6.45) is 2.97. The Morgan fingerprint density at radius 3 is 2.45 bits per heavy atom. The van der Waals surface area contributed by atoms with Crippen molar-refractivity contribution in [2.75, 3.05) is 36.1 Å². The number of anilines is 2. The maximum atomic E-state index is 12.2. The number of hydrogen-bond donors (Lipinski definition) is 2. The Morgan fingerprint density at radius 2 is 1.84 bits per heavy atom. The van der Waals surface area contributed by atoms with Gasteiger partial charge in [-0.15, -0.1) is 12.4 Å². The molecule has 10 heteroatoms. The van der Waals surface area contributed by atoms with Gasteiger partial charge >= 0.3 is 6.09 Å². The maximum absolute atomic E-state index is 12.2. The fourth-order valence-corrected chi connectivity index (χ4v) is 4.21. The first-order valence-electron chi connectivity index (χ1n) is 10.0. The van der Waals surface area contributed by atoms with E-state index in [1.54, 1.807) is 17.3 Å². The van der Waals surface area contributed by atoms with Crippen LogP contribution >= 0.6 is 12.4 Å². The molecule has 0 aliphatic carbocycles. The molecule has 1 fully saturated rings. The molecule has 31 heavy (non-hydrogen) atoms. The molecule has 2 N–H and O–H groups in total. The lowest BCUT2D eigenvalue weighted by molar-refractivity contribution is -0.117. The molecule has 0 spiro atoms. The van der Waals surface area contributed by atoms with Crippen molar-refractivity contribution >= 4 is 36.0 Å². The van der Waals surface area contributed by atoms with Crippen LogP contribution in [0.15, 0.2) is 30.6 Å². The van der Waals surface area contributed by atoms with Gasteiger partial charge in [0.1, 0.15) is 0 Å². The summed E-state index contributed by atoms with van der Waals surface area (Å²) in [7, 11) is 0. The molecular weight excluding hydrogens is 422 g/mol. The minimum absolute atomic E-state index is 0. The van der Waals surface area contributed by atoms with Gasteiger partial charge in [-0.05, 0) is 36.6 Å². The summed E-state index contributed by atoms with van der Waals surface area (Å²) >= 11 is 0. The number of ether oxygens (including phenoxy) is 1. The van der Waals surface area contributed by atoms with Gasteiger partial charge in [-0.25, -0.2) is 14.8 Å². The Balaban J connectivity index is 0.00000272. The van der Waals surface area contributed by atoms with Gasteiger partial charge in [0.25, 0.3) is 0 Å². The summed E-state index contributed by atoms with van der Waals surface area (Å²) in [6.45, 7) is 6.31. The van der Waals surface area contributed by atoms with Gasteiger partial charge in [0.05, 0.1) is 19.3 Å². The van der Waals surface area contributed by atoms with Crippen molar-refractivity contribution < 1.29 is 19.4 Å². The lowest BCUT2D eigenvalue weighted by Crippen LogP contribution is -2.45. The number of benzene rings is 1. The number of carbonyl (C=O) groups is 2. The van der Waals surface area contributed by atoms with E-state index >= 15 is 0 Å². The van der Waals surface area contributed by atoms with Crippen LogP contribution in [0, 0.1) is 0 Å². The minimum Gasteiger partial charge on any atom is -0.465 e. The lowest BCUT2D eigenvalue weighted by Gasteiger charge is -2.39. The highest BCUT2D eigenvalue weighted by molar-refractivity contribution is 5.94. The van der Waals surface area contributed by atoms with E-state index in [9.17, 15) is 14.7 Å². The van der Waals surface area contributed by atoms with Crippen LogP contribution in [-0.4, -0.2) is 59.4 Å². The minimum atomic E-state index is -1.09. The number of halogens is 1. The smallest absolute Gasteiger partial charge is 0.405 e. The standard InChI is InChI=1S/C21H25N5O4.ClH/c1-13-9-18(24-21(28)29)17-10-15(3-4-19(17)26(13)14(2)27)16-11-22-20(23-12-16)25-5-7-30-8-6-25;/h3-4,10-13,18,24H,5-9H2,1-2H3,(H,28,29);1H/t13-,18+;/m0./s1. The third-order valence-corrected chi connectivity index (χ3v) is 5.58. The average molecular weight is 448 g/mol. The van der Waals surface area contributed by atoms with Crippen LogP contribution in [0.4, 0.5) is 16.4 Å². The van der Waals surface area contributed by atoms with E-state index in [0.29, 0.717) is 25.6 Å². The van der Waals surface area contributed by atoms with E-state index in [-0.39, 0.29) is 24.4 Å². The molecular formula is C21H26ClN5O4. The number of hydrogen-bond acceptors (Lipinski definition) is 6.